The lowest BCUT2D eigenvalue weighted by Gasteiger charge is -2.20. The summed E-state index contributed by atoms with van der Waals surface area (Å²) in [6.07, 6.45) is 6.42. The van der Waals surface area contributed by atoms with Crippen LogP contribution in [0.4, 0.5) is 5.82 Å². The number of rotatable bonds is 3. The molecule has 25 heavy (non-hydrogen) atoms. The van der Waals surface area contributed by atoms with Crippen LogP contribution in [0.5, 0.6) is 11.5 Å². The zero-order chi connectivity index (χ0) is 17.8. The second-order valence-corrected chi connectivity index (χ2v) is 6.30. The summed E-state index contributed by atoms with van der Waals surface area (Å²) >= 11 is 0. The van der Waals surface area contributed by atoms with Crippen LogP contribution in [0.3, 0.4) is 0 Å². The van der Waals surface area contributed by atoms with Crippen LogP contribution in [-0.4, -0.2) is 19.2 Å². The van der Waals surface area contributed by atoms with Crippen molar-refractivity contribution in [2.75, 3.05) is 20.0 Å². The third-order valence-corrected chi connectivity index (χ3v) is 4.75. The van der Waals surface area contributed by atoms with E-state index in [2.05, 4.69) is 11.1 Å². The minimum absolute atomic E-state index is 0.304. The molecule has 0 saturated carbocycles. The highest BCUT2D eigenvalue weighted by Crippen LogP contribution is 2.38. The zero-order valence-corrected chi connectivity index (χ0v) is 14.8. The highest BCUT2D eigenvalue weighted by Gasteiger charge is 2.21. The maximum Gasteiger partial charge on any atom is 0.142 e. The molecule has 0 spiro atoms. The molecule has 0 aliphatic heterocycles. The monoisotopic (exact) mass is 337 g/mol. The Bertz CT molecular complexity index is 802. The van der Waals surface area contributed by atoms with Gasteiger partial charge in [0.2, 0.25) is 0 Å². The van der Waals surface area contributed by atoms with Crippen molar-refractivity contribution in [3.63, 3.8) is 0 Å². The quantitative estimate of drug-likeness (QED) is 0.919. The third kappa shape index (κ3) is 3.39. The number of nitrogens with two attached hydrogens (primary N) is 1. The normalized spacial score (nSPS) is 14.0. The Kier molecular flexibility index (Phi) is 5.08. The molecule has 1 aromatic heterocycles. The SMILES string of the molecule is COc1cc(OC)cc(-c2c(C#N)c(N)nc3c2CCCCCC3)c1. The first kappa shape index (κ1) is 17.1. The van der Waals surface area contributed by atoms with Crippen molar-refractivity contribution in [2.45, 2.75) is 38.5 Å². The van der Waals surface area contributed by atoms with E-state index in [1.165, 1.54) is 12.8 Å². The number of anilines is 1. The van der Waals surface area contributed by atoms with Crippen LogP contribution in [0.2, 0.25) is 0 Å². The smallest absolute Gasteiger partial charge is 0.142 e. The number of hydrogen-bond donors (Lipinski definition) is 1. The molecule has 0 unspecified atom stereocenters. The van der Waals surface area contributed by atoms with Gasteiger partial charge in [0, 0.05) is 17.3 Å². The molecule has 3 rings (SSSR count). The number of methoxy groups -OCH3 is 2. The van der Waals surface area contributed by atoms with Gasteiger partial charge in [0.15, 0.2) is 0 Å². The van der Waals surface area contributed by atoms with E-state index in [-0.39, 0.29) is 0 Å². The zero-order valence-electron chi connectivity index (χ0n) is 14.8. The Morgan fingerprint density at radius 1 is 1.00 bits per heavy atom. The van der Waals surface area contributed by atoms with Crippen molar-refractivity contribution in [3.8, 4) is 28.7 Å². The molecule has 2 aromatic rings. The lowest BCUT2D eigenvalue weighted by Crippen LogP contribution is -2.10. The molecule has 5 nitrogen and oxygen atoms in total. The summed E-state index contributed by atoms with van der Waals surface area (Å²) in [4.78, 5) is 4.55. The topological polar surface area (TPSA) is 81.2 Å². The van der Waals surface area contributed by atoms with E-state index in [9.17, 15) is 5.26 Å². The van der Waals surface area contributed by atoms with Gasteiger partial charge in [0.05, 0.1) is 14.2 Å². The number of nitriles is 1. The van der Waals surface area contributed by atoms with Crippen molar-refractivity contribution >= 4 is 5.82 Å². The van der Waals surface area contributed by atoms with Crippen LogP contribution in [0.15, 0.2) is 18.2 Å². The van der Waals surface area contributed by atoms with Gasteiger partial charge < -0.3 is 15.2 Å². The summed E-state index contributed by atoms with van der Waals surface area (Å²) in [6, 6.07) is 7.93. The van der Waals surface area contributed by atoms with Crippen LogP contribution >= 0.6 is 0 Å². The van der Waals surface area contributed by atoms with Crippen molar-refractivity contribution in [1.82, 2.24) is 4.98 Å². The standard InChI is InChI=1S/C20H23N3O2/c1-24-14-9-13(10-15(11-14)25-2)19-16-7-5-3-4-6-8-18(16)23-20(22)17(19)12-21/h9-11H,3-8H2,1-2H3,(H2,22,23). The van der Waals surface area contributed by atoms with E-state index in [1.54, 1.807) is 14.2 Å². The number of aromatic nitrogens is 1. The number of ether oxygens (including phenoxy) is 2. The number of nitrogen functional groups attached to an aromatic ring is 1. The van der Waals surface area contributed by atoms with E-state index < -0.39 is 0 Å². The fraction of sp³-hybridized carbons (Fsp3) is 0.400. The number of benzene rings is 1. The molecule has 2 N–H and O–H groups in total. The van der Waals surface area contributed by atoms with Crippen LogP contribution in [0.25, 0.3) is 11.1 Å². The number of nitrogens with zero attached hydrogens (tertiary/aromatic N) is 2. The Labute approximate surface area is 148 Å². The number of fused-ring (bicyclic) bond motifs is 1. The van der Waals surface area contributed by atoms with Gasteiger partial charge in [-0.3, -0.25) is 0 Å². The lowest BCUT2D eigenvalue weighted by molar-refractivity contribution is 0.394. The Morgan fingerprint density at radius 2 is 1.64 bits per heavy atom. The maximum absolute atomic E-state index is 9.71. The first-order valence-electron chi connectivity index (χ1n) is 8.62. The van der Waals surface area contributed by atoms with Crippen molar-refractivity contribution in [1.29, 1.82) is 5.26 Å². The van der Waals surface area contributed by atoms with E-state index >= 15 is 0 Å². The third-order valence-electron chi connectivity index (χ3n) is 4.75. The Balaban J connectivity index is 2.28. The first-order chi connectivity index (χ1) is 12.2. The van der Waals surface area contributed by atoms with E-state index in [0.717, 1.165) is 48.1 Å². The highest BCUT2D eigenvalue weighted by molar-refractivity contribution is 5.80. The van der Waals surface area contributed by atoms with Gasteiger partial charge in [-0.25, -0.2) is 4.98 Å². The first-order valence-corrected chi connectivity index (χ1v) is 8.62. The lowest BCUT2D eigenvalue weighted by atomic mass is 9.88. The predicted molar refractivity (Wildman–Crippen MR) is 97.8 cm³/mol. The number of hydrogen-bond acceptors (Lipinski definition) is 5. The predicted octanol–water partition coefficient (Wildman–Crippen LogP) is 3.88. The Morgan fingerprint density at radius 3 is 2.24 bits per heavy atom. The summed E-state index contributed by atoms with van der Waals surface area (Å²) in [5.41, 5.74) is 10.5. The van der Waals surface area contributed by atoms with E-state index in [0.29, 0.717) is 22.9 Å². The molecule has 1 aliphatic carbocycles. The number of pyridine rings is 1. The molecule has 1 heterocycles. The molecule has 0 atom stereocenters. The van der Waals surface area contributed by atoms with Gasteiger partial charge in [-0.05, 0) is 48.9 Å². The molecule has 0 amide bonds. The maximum atomic E-state index is 9.71. The molecular formula is C20H23N3O2. The average molecular weight is 337 g/mol. The van der Waals surface area contributed by atoms with Gasteiger partial charge in [-0.15, -0.1) is 0 Å². The molecule has 0 radical (unpaired) electrons. The van der Waals surface area contributed by atoms with Crippen LogP contribution in [0.1, 0.15) is 42.5 Å². The van der Waals surface area contributed by atoms with Crippen molar-refractivity contribution < 1.29 is 9.47 Å². The fourth-order valence-corrected chi connectivity index (χ4v) is 3.50. The molecule has 5 heteroatoms. The van der Waals surface area contributed by atoms with Gasteiger partial charge >= 0.3 is 0 Å². The molecular weight excluding hydrogens is 314 g/mol. The number of aryl methyl sites for hydroxylation is 1. The van der Waals surface area contributed by atoms with Gasteiger partial charge in [-0.1, -0.05) is 12.8 Å². The van der Waals surface area contributed by atoms with Crippen LogP contribution in [-0.2, 0) is 12.8 Å². The summed E-state index contributed by atoms with van der Waals surface area (Å²) in [5.74, 6) is 1.68. The summed E-state index contributed by atoms with van der Waals surface area (Å²) in [7, 11) is 3.24. The van der Waals surface area contributed by atoms with Crippen molar-refractivity contribution in [3.05, 3.63) is 35.0 Å². The van der Waals surface area contributed by atoms with Gasteiger partial charge in [0.1, 0.15) is 28.9 Å². The van der Waals surface area contributed by atoms with Crippen LogP contribution < -0.4 is 15.2 Å². The fourth-order valence-electron chi connectivity index (χ4n) is 3.50. The minimum atomic E-state index is 0.304. The second kappa shape index (κ2) is 7.43. The minimum Gasteiger partial charge on any atom is -0.497 e. The molecule has 0 bridgehead atoms. The second-order valence-electron chi connectivity index (χ2n) is 6.30. The highest BCUT2D eigenvalue weighted by atomic mass is 16.5. The molecule has 130 valence electrons. The largest absolute Gasteiger partial charge is 0.497 e. The molecule has 0 saturated heterocycles. The van der Waals surface area contributed by atoms with E-state index in [1.807, 2.05) is 18.2 Å². The van der Waals surface area contributed by atoms with Gasteiger partial charge in [-0.2, -0.15) is 5.26 Å². The molecule has 1 aliphatic rings. The summed E-state index contributed by atoms with van der Waals surface area (Å²) < 4.78 is 10.8. The van der Waals surface area contributed by atoms with Crippen LogP contribution in [0, 0.1) is 11.3 Å². The van der Waals surface area contributed by atoms with Gasteiger partial charge in [0.25, 0.3) is 0 Å². The average Bonchev–Trinajstić information content (AvgIpc) is 2.61. The molecule has 1 aromatic carbocycles. The molecule has 0 fully saturated rings. The summed E-state index contributed by atoms with van der Waals surface area (Å²) in [6.45, 7) is 0. The van der Waals surface area contributed by atoms with Crippen molar-refractivity contribution in [2.24, 2.45) is 0 Å². The Hall–Kier alpha value is -2.74. The summed E-state index contributed by atoms with van der Waals surface area (Å²) in [5, 5.41) is 9.71. The van der Waals surface area contributed by atoms with E-state index in [4.69, 9.17) is 15.2 Å².